The molecule has 0 spiro atoms. The van der Waals surface area contributed by atoms with Crippen molar-refractivity contribution >= 4 is 24.5 Å². The van der Waals surface area contributed by atoms with Crippen molar-refractivity contribution in [2.24, 2.45) is 0 Å². The maximum absolute atomic E-state index is 12.4. The minimum absolute atomic E-state index is 0. The van der Waals surface area contributed by atoms with Gasteiger partial charge in [-0.3, -0.25) is 4.79 Å². The number of benzene rings is 2. The molecule has 1 amide bonds. The third-order valence-electron chi connectivity index (χ3n) is 5.32. The molecular formula is C25H33ClN2O6. The van der Waals surface area contributed by atoms with Crippen LogP contribution in [0.5, 0.6) is 11.5 Å². The number of halogens is 1. The summed E-state index contributed by atoms with van der Waals surface area (Å²) in [7, 11) is 1.57. The molecule has 3 rings (SSSR count). The second-order valence-electron chi connectivity index (χ2n) is 7.74. The molecule has 0 saturated carbocycles. The number of carbonyl (C=O) groups is 2. The van der Waals surface area contributed by atoms with Gasteiger partial charge < -0.3 is 29.2 Å². The largest absolute Gasteiger partial charge is 0.493 e. The maximum Gasteiger partial charge on any atom is 0.410 e. The van der Waals surface area contributed by atoms with E-state index >= 15 is 0 Å². The molecule has 0 unspecified atom stereocenters. The van der Waals surface area contributed by atoms with Gasteiger partial charge in [-0.05, 0) is 36.6 Å². The van der Waals surface area contributed by atoms with Gasteiger partial charge in [-0.15, -0.1) is 12.4 Å². The Hall–Kier alpha value is -2.97. The lowest BCUT2D eigenvalue weighted by Crippen LogP contribution is -2.53. The number of hydrogen-bond donors (Lipinski definition) is 1. The highest BCUT2D eigenvalue weighted by Gasteiger charge is 2.24. The summed E-state index contributed by atoms with van der Waals surface area (Å²) in [6, 6.07) is 15.2. The standard InChI is InChI=1S/C25H32N2O6.ClH/c1-3-31-24(28)16-20-9-10-22(23(15-20)30-2)32-14-11-21-17-27(13-12-26-21)25(29)33-18-19-7-5-4-6-8-19;/h4-10,15,21,26H,3,11-14,16-18H2,1-2H3;1H/t21-;/m1./s1. The van der Waals surface area contributed by atoms with Crippen molar-refractivity contribution in [3.63, 3.8) is 0 Å². The first kappa shape index (κ1) is 27.3. The molecule has 2 aromatic rings. The van der Waals surface area contributed by atoms with Crippen LogP contribution in [0.25, 0.3) is 0 Å². The van der Waals surface area contributed by atoms with Crippen molar-refractivity contribution in [2.75, 3.05) is 40.0 Å². The smallest absolute Gasteiger partial charge is 0.410 e. The summed E-state index contributed by atoms with van der Waals surface area (Å²) in [4.78, 5) is 25.9. The van der Waals surface area contributed by atoms with Crippen LogP contribution in [0.4, 0.5) is 4.79 Å². The predicted molar refractivity (Wildman–Crippen MR) is 131 cm³/mol. The fraction of sp³-hybridized carbons (Fsp3) is 0.440. The number of carbonyl (C=O) groups excluding carboxylic acids is 2. The number of amides is 1. The molecule has 0 bridgehead atoms. The van der Waals surface area contributed by atoms with Gasteiger partial charge in [-0.2, -0.15) is 0 Å². The van der Waals surface area contributed by atoms with Crippen LogP contribution in [0.1, 0.15) is 24.5 Å². The fourth-order valence-corrected chi connectivity index (χ4v) is 3.63. The van der Waals surface area contributed by atoms with Crippen molar-refractivity contribution in [3.05, 3.63) is 59.7 Å². The van der Waals surface area contributed by atoms with E-state index in [1.54, 1.807) is 31.1 Å². The van der Waals surface area contributed by atoms with E-state index in [0.717, 1.165) is 17.5 Å². The molecule has 2 aromatic carbocycles. The van der Waals surface area contributed by atoms with Gasteiger partial charge in [0.15, 0.2) is 11.5 Å². The average Bonchev–Trinajstić information content (AvgIpc) is 2.84. The van der Waals surface area contributed by atoms with E-state index in [0.29, 0.717) is 44.3 Å². The summed E-state index contributed by atoms with van der Waals surface area (Å²) in [5.74, 6) is 0.906. The molecule has 1 fully saturated rings. The number of hydrogen-bond acceptors (Lipinski definition) is 7. The molecule has 186 valence electrons. The first-order chi connectivity index (χ1) is 16.1. The first-order valence-electron chi connectivity index (χ1n) is 11.2. The second kappa shape index (κ2) is 14.3. The Morgan fingerprint density at radius 1 is 1.06 bits per heavy atom. The minimum Gasteiger partial charge on any atom is -0.493 e. The van der Waals surface area contributed by atoms with Crippen LogP contribution >= 0.6 is 12.4 Å². The Morgan fingerprint density at radius 3 is 2.59 bits per heavy atom. The number of nitrogens with one attached hydrogen (secondary N) is 1. The zero-order valence-corrected chi connectivity index (χ0v) is 20.5. The van der Waals surface area contributed by atoms with E-state index in [1.165, 1.54) is 0 Å². The van der Waals surface area contributed by atoms with E-state index in [2.05, 4.69) is 5.32 Å². The first-order valence-corrected chi connectivity index (χ1v) is 11.2. The van der Waals surface area contributed by atoms with Gasteiger partial charge >= 0.3 is 12.1 Å². The molecule has 8 nitrogen and oxygen atoms in total. The van der Waals surface area contributed by atoms with E-state index in [9.17, 15) is 9.59 Å². The van der Waals surface area contributed by atoms with Crippen molar-refractivity contribution in [1.82, 2.24) is 10.2 Å². The zero-order chi connectivity index (χ0) is 23.5. The molecule has 0 aromatic heterocycles. The fourth-order valence-electron chi connectivity index (χ4n) is 3.63. The maximum atomic E-state index is 12.4. The van der Waals surface area contributed by atoms with Crippen LogP contribution in [0.2, 0.25) is 0 Å². The highest BCUT2D eigenvalue weighted by molar-refractivity contribution is 5.85. The number of ether oxygens (including phenoxy) is 4. The molecule has 34 heavy (non-hydrogen) atoms. The highest BCUT2D eigenvalue weighted by Crippen LogP contribution is 2.28. The minimum atomic E-state index is -0.301. The molecule has 9 heteroatoms. The third-order valence-corrected chi connectivity index (χ3v) is 5.32. The lowest BCUT2D eigenvalue weighted by Gasteiger charge is -2.33. The molecule has 1 aliphatic rings. The monoisotopic (exact) mass is 492 g/mol. The number of nitrogens with zero attached hydrogens (tertiary/aromatic N) is 1. The summed E-state index contributed by atoms with van der Waals surface area (Å²) in [6.45, 7) is 4.74. The highest BCUT2D eigenvalue weighted by atomic mass is 35.5. The number of rotatable bonds is 10. The summed E-state index contributed by atoms with van der Waals surface area (Å²) < 4.78 is 21.8. The normalized spacial score (nSPS) is 15.1. The quantitative estimate of drug-likeness (QED) is 0.507. The van der Waals surface area contributed by atoms with Crippen molar-refractivity contribution < 1.29 is 28.5 Å². The molecule has 1 aliphatic heterocycles. The Labute approximate surface area is 206 Å². The van der Waals surface area contributed by atoms with E-state index in [-0.39, 0.29) is 43.5 Å². The molecular weight excluding hydrogens is 460 g/mol. The van der Waals surface area contributed by atoms with Gasteiger partial charge in [0.2, 0.25) is 0 Å². The summed E-state index contributed by atoms with van der Waals surface area (Å²) in [5, 5.41) is 3.42. The Morgan fingerprint density at radius 2 is 1.85 bits per heavy atom. The Bertz CT molecular complexity index is 912. The summed E-state index contributed by atoms with van der Waals surface area (Å²) in [5.41, 5.74) is 1.77. The third kappa shape index (κ3) is 8.43. The number of methoxy groups -OCH3 is 1. The SMILES string of the molecule is CCOC(=O)Cc1ccc(OCC[C@@H]2CN(C(=O)OCc3ccccc3)CCN2)c(OC)c1.Cl. The number of piperazine rings is 1. The Balaban J connectivity index is 0.00000408. The molecule has 0 aliphatic carbocycles. The second-order valence-corrected chi connectivity index (χ2v) is 7.74. The van der Waals surface area contributed by atoms with Gasteiger partial charge in [0.1, 0.15) is 6.61 Å². The molecule has 1 saturated heterocycles. The molecule has 1 N–H and O–H groups in total. The van der Waals surface area contributed by atoms with Crippen LogP contribution in [0, 0.1) is 0 Å². The van der Waals surface area contributed by atoms with Gasteiger partial charge in [-0.1, -0.05) is 36.4 Å². The van der Waals surface area contributed by atoms with Crippen LogP contribution in [-0.4, -0.2) is 63.0 Å². The number of esters is 1. The van der Waals surface area contributed by atoms with Crippen molar-refractivity contribution in [1.29, 1.82) is 0 Å². The van der Waals surface area contributed by atoms with Gasteiger partial charge in [0, 0.05) is 25.7 Å². The van der Waals surface area contributed by atoms with Gasteiger partial charge in [0.05, 0.1) is 26.7 Å². The van der Waals surface area contributed by atoms with Crippen molar-refractivity contribution in [3.8, 4) is 11.5 Å². The van der Waals surface area contributed by atoms with Gasteiger partial charge in [-0.25, -0.2) is 4.79 Å². The van der Waals surface area contributed by atoms with Crippen LogP contribution in [0.3, 0.4) is 0 Å². The molecule has 0 radical (unpaired) electrons. The van der Waals surface area contributed by atoms with Gasteiger partial charge in [0.25, 0.3) is 0 Å². The Kier molecular flexibility index (Phi) is 11.5. The molecule has 1 atom stereocenters. The van der Waals surface area contributed by atoms with E-state index in [1.807, 2.05) is 36.4 Å². The summed E-state index contributed by atoms with van der Waals surface area (Å²) >= 11 is 0. The lowest BCUT2D eigenvalue weighted by atomic mass is 10.1. The van der Waals surface area contributed by atoms with Crippen LogP contribution < -0.4 is 14.8 Å². The summed E-state index contributed by atoms with van der Waals surface area (Å²) in [6.07, 6.45) is 0.605. The lowest BCUT2D eigenvalue weighted by molar-refractivity contribution is -0.142. The van der Waals surface area contributed by atoms with Crippen LogP contribution in [0.15, 0.2) is 48.5 Å². The van der Waals surface area contributed by atoms with E-state index < -0.39 is 0 Å². The predicted octanol–water partition coefficient (Wildman–Crippen LogP) is 3.60. The van der Waals surface area contributed by atoms with Crippen LogP contribution in [-0.2, 0) is 27.3 Å². The van der Waals surface area contributed by atoms with E-state index in [4.69, 9.17) is 18.9 Å². The topological polar surface area (TPSA) is 86.3 Å². The zero-order valence-electron chi connectivity index (χ0n) is 19.7. The average molecular weight is 493 g/mol. The van der Waals surface area contributed by atoms with Crippen molar-refractivity contribution in [2.45, 2.75) is 32.4 Å². The molecule has 1 heterocycles.